The number of methoxy groups -OCH3 is 1. The van der Waals surface area contributed by atoms with Crippen molar-refractivity contribution in [3.63, 3.8) is 0 Å². The van der Waals surface area contributed by atoms with Crippen LogP contribution in [0.2, 0.25) is 0 Å². The van der Waals surface area contributed by atoms with Gasteiger partial charge < -0.3 is 14.2 Å². The van der Waals surface area contributed by atoms with Gasteiger partial charge in [0.2, 0.25) is 0 Å². The van der Waals surface area contributed by atoms with E-state index in [2.05, 4.69) is 25.5 Å². The molecule has 0 bridgehead atoms. The second kappa shape index (κ2) is 6.72. The number of hydrogen-bond donors (Lipinski definition) is 1. The molecule has 7 heteroatoms. The van der Waals surface area contributed by atoms with Gasteiger partial charge in [-0.05, 0) is 35.2 Å². The van der Waals surface area contributed by atoms with Crippen molar-refractivity contribution in [2.45, 2.75) is 31.1 Å². The quantitative estimate of drug-likeness (QED) is 0.882. The van der Waals surface area contributed by atoms with Crippen LogP contribution in [0.4, 0.5) is 5.69 Å². The molecule has 1 aliphatic heterocycles. The Bertz CT molecular complexity index is 916. The third kappa shape index (κ3) is 3.72. The molecule has 1 heterocycles. The lowest BCUT2D eigenvalue weighted by Crippen LogP contribution is -2.18. The fourth-order valence-electron chi connectivity index (χ4n) is 2.65. The minimum atomic E-state index is -3.81. The van der Waals surface area contributed by atoms with Crippen LogP contribution in [0.3, 0.4) is 0 Å². The number of fused-ring (bicyclic) bond motifs is 1. The molecule has 1 N–H and O–H groups in total. The maximum atomic E-state index is 12.9. The average molecular weight is 377 g/mol. The molecule has 0 aliphatic carbocycles. The van der Waals surface area contributed by atoms with Crippen molar-refractivity contribution in [3.8, 4) is 17.2 Å². The molecule has 26 heavy (non-hydrogen) atoms. The fourth-order valence-corrected chi connectivity index (χ4v) is 3.73. The predicted molar refractivity (Wildman–Crippen MR) is 99.9 cm³/mol. The van der Waals surface area contributed by atoms with Crippen LogP contribution in [-0.2, 0) is 15.4 Å². The SMILES string of the molecule is COc1ccc(C(C)(C)C)cc1NS(=O)(=O)c1ccc2c(c1)OCCO2. The summed E-state index contributed by atoms with van der Waals surface area (Å²) in [5, 5.41) is 0. The third-order valence-electron chi connectivity index (χ3n) is 4.13. The van der Waals surface area contributed by atoms with Gasteiger partial charge >= 0.3 is 0 Å². The van der Waals surface area contributed by atoms with Gasteiger partial charge in [-0.25, -0.2) is 8.42 Å². The van der Waals surface area contributed by atoms with Crippen LogP contribution in [0.15, 0.2) is 41.3 Å². The highest BCUT2D eigenvalue weighted by molar-refractivity contribution is 7.92. The smallest absolute Gasteiger partial charge is 0.262 e. The van der Waals surface area contributed by atoms with Crippen molar-refractivity contribution >= 4 is 15.7 Å². The Hall–Kier alpha value is -2.41. The average Bonchev–Trinajstić information content (AvgIpc) is 2.60. The van der Waals surface area contributed by atoms with E-state index in [9.17, 15) is 8.42 Å². The molecule has 6 nitrogen and oxygen atoms in total. The van der Waals surface area contributed by atoms with Crippen molar-refractivity contribution in [2.24, 2.45) is 0 Å². The Labute approximate surface area is 154 Å². The molecule has 1 aliphatic rings. The maximum absolute atomic E-state index is 12.9. The Balaban J connectivity index is 1.97. The van der Waals surface area contributed by atoms with Gasteiger partial charge in [0.25, 0.3) is 10.0 Å². The van der Waals surface area contributed by atoms with Crippen LogP contribution >= 0.6 is 0 Å². The minimum absolute atomic E-state index is 0.102. The highest BCUT2D eigenvalue weighted by atomic mass is 32.2. The van der Waals surface area contributed by atoms with E-state index in [0.717, 1.165) is 5.56 Å². The van der Waals surface area contributed by atoms with Gasteiger partial charge in [0.05, 0.1) is 17.7 Å². The number of nitrogens with one attached hydrogen (secondary N) is 1. The van der Waals surface area contributed by atoms with Gasteiger partial charge in [0, 0.05) is 6.07 Å². The first-order chi connectivity index (χ1) is 12.2. The maximum Gasteiger partial charge on any atom is 0.262 e. The van der Waals surface area contributed by atoms with Crippen LogP contribution in [0, 0.1) is 0 Å². The van der Waals surface area contributed by atoms with E-state index < -0.39 is 10.0 Å². The molecule has 0 radical (unpaired) electrons. The fraction of sp³-hybridized carbons (Fsp3) is 0.368. The van der Waals surface area contributed by atoms with Crippen LogP contribution in [0.1, 0.15) is 26.3 Å². The largest absolute Gasteiger partial charge is 0.495 e. The zero-order valence-electron chi connectivity index (χ0n) is 15.3. The monoisotopic (exact) mass is 377 g/mol. The Morgan fingerprint density at radius 3 is 2.35 bits per heavy atom. The number of anilines is 1. The summed E-state index contributed by atoms with van der Waals surface area (Å²) in [5.74, 6) is 1.43. The zero-order chi connectivity index (χ0) is 18.9. The summed E-state index contributed by atoms with van der Waals surface area (Å²) >= 11 is 0. The Kier molecular flexibility index (Phi) is 4.75. The molecule has 0 aromatic heterocycles. The molecule has 3 rings (SSSR count). The lowest BCUT2D eigenvalue weighted by molar-refractivity contribution is 0.171. The molecule has 0 spiro atoms. The summed E-state index contributed by atoms with van der Waals surface area (Å²) in [7, 11) is -2.30. The van der Waals surface area contributed by atoms with Crippen molar-refractivity contribution < 1.29 is 22.6 Å². The highest BCUT2D eigenvalue weighted by Crippen LogP contribution is 2.35. The van der Waals surface area contributed by atoms with Crippen molar-refractivity contribution in [1.82, 2.24) is 0 Å². The molecule has 0 atom stereocenters. The zero-order valence-corrected chi connectivity index (χ0v) is 16.1. The normalized spacial score (nSPS) is 14.0. The first kappa shape index (κ1) is 18.4. The van der Waals surface area contributed by atoms with E-state index in [1.807, 2.05) is 6.07 Å². The van der Waals surface area contributed by atoms with Crippen LogP contribution < -0.4 is 18.9 Å². The van der Waals surface area contributed by atoms with Crippen molar-refractivity contribution in [3.05, 3.63) is 42.0 Å². The summed E-state index contributed by atoms with van der Waals surface area (Å²) in [5.41, 5.74) is 1.27. The summed E-state index contributed by atoms with van der Waals surface area (Å²) < 4.78 is 44.6. The number of ether oxygens (including phenoxy) is 3. The van der Waals surface area contributed by atoms with E-state index in [1.165, 1.54) is 19.2 Å². The minimum Gasteiger partial charge on any atom is -0.495 e. The topological polar surface area (TPSA) is 73.9 Å². The summed E-state index contributed by atoms with van der Waals surface area (Å²) in [6, 6.07) is 10.1. The lowest BCUT2D eigenvalue weighted by Gasteiger charge is -2.22. The summed E-state index contributed by atoms with van der Waals surface area (Å²) in [6.45, 7) is 7.04. The molecule has 0 saturated heterocycles. The molecular weight excluding hydrogens is 354 g/mol. The molecule has 2 aromatic carbocycles. The molecule has 0 fully saturated rings. The number of benzene rings is 2. The molecule has 0 saturated carbocycles. The standard InChI is InChI=1S/C19H23NO5S/c1-19(2,3)13-5-7-16(23-4)15(11-13)20-26(21,22)14-6-8-17-18(12-14)25-10-9-24-17/h5-8,11-12,20H,9-10H2,1-4H3. The highest BCUT2D eigenvalue weighted by Gasteiger charge is 2.22. The van der Waals surface area contributed by atoms with E-state index in [0.29, 0.717) is 36.1 Å². The molecule has 140 valence electrons. The van der Waals surface area contributed by atoms with E-state index >= 15 is 0 Å². The van der Waals surface area contributed by atoms with E-state index in [-0.39, 0.29) is 10.3 Å². The van der Waals surface area contributed by atoms with E-state index in [1.54, 1.807) is 18.2 Å². The van der Waals surface area contributed by atoms with Gasteiger partial charge in [-0.2, -0.15) is 0 Å². The number of sulfonamides is 1. The Morgan fingerprint density at radius 1 is 1.00 bits per heavy atom. The second-order valence-corrected chi connectivity index (χ2v) is 8.76. The molecule has 2 aromatic rings. The second-order valence-electron chi connectivity index (χ2n) is 7.08. The number of rotatable bonds is 4. The van der Waals surface area contributed by atoms with E-state index in [4.69, 9.17) is 14.2 Å². The number of hydrogen-bond acceptors (Lipinski definition) is 5. The van der Waals surface area contributed by atoms with Crippen LogP contribution in [-0.4, -0.2) is 28.7 Å². The van der Waals surface area contributed by atoms with Gasteiger partial charge in [-0.1, -0.05) is 26.8 Å². The molecule has 0 unspecified atom stereocenters. The molecule has 0 amide bonds. The van der Waals surface area contributed by atoms with Gasteiger partial charge in [0.1, 0.15) is 19.0 Å². The van der Waals surface area contributed by atoms with Crippen LogP contribution in [0.5, 0.6) is 17.2 Å². The molecular formula is C19H23NO5S. The van der Waals surface area contributed by atoms with Crippen molar-refractivity contribution in [1.29, 1.82) is 0 Å². The van der Waals surface area contributed by atoms with Gasteiger partial charge in [-0.3, -0.25) is 4.72 Å². The van der Waals surface area contributed by atoms with Gasteiger partial charge in [0.15, 0.2) is 11.5 Å². The van der Waals surface area contributed by atoms with Crippen molar-refractivity contribution in [2.75, 3.05) is 25.0 Å². The summed E-state index contributed by atoms with van der Waals surface area (Å²) in [4.78, 5) is 0.102. The first-order valence-electron chi connectivity index (χ1n) is 8.32. The van der Waals surface area contributed by atoms with Crippen LogP contribution in [0.25, 0.3) is 0 Å². The van der Waals surface area contributed by atoms with Gasteiger partial charge in [-0.15, -0.1) is 0 Å². The first-order valence-corrected chi connectivity index (χ1v) is 9.80. The third-order valence-corrected chi connectivity index (χ3v) is 5.50. The summed E-state index contributed by atoms with van der Waals surface area (Å²) in [6.07, 6.45) is 0. The Morgan fingerprint density at radius 2 is 1.69 bits per heavy atom. The predicted octanol–water partition coefficient (Wildman–Crippen LogP) is 3.56. The lowest BCUT2D eigenvalue weighted by atomic mass is 9.87.